The summed E-state index contributed by atoms with van der Waals surface area (Å²) in [7, 11) is 0. The average Bonchev–Trinajstić information content (AvgIpc) is 2.96. The Kier molecular flexibility index (Phi) is 5.87. The van der Waals surface area contributed by atoms with Crippen molar-refractivity contribution in [2.75, 3.05) is 0 Å². The van der Waals surface area contributed by atoms with Crippen LogP contribution >= 0.6 is 11.3 Å². The quantitative estimate of drug-likeness (QED) is 0.474. The normalized spacial score (nSPS) is 16.0. The lowest BCUT2D eigenvalue weighted by atomic mass is 9.89. The van der Waals surface area contributed by atoms with Gasteiger partial charge in [-0.05, 0) is 63.6 Å². The van der Waals surface area contributed by atoms with E-state index in [0.717, 1.165) is 16.8 Å². The molecular weight excluding hydrogens is 435 g/mol. The summed E-state index contributed by atoms with van der Waals surface area (Å²) in [6, 6.07) is 8.83. The maximum atomic E-state index is 13.2. The van der Waals surface area contributed by atoms with Crippen LogP contribution in [0.25, 0.3) is 20.2 Å². The molecule has 4 nitrogen and oxygen atoms in total. The number of halogens is 3. The van der Waals surface area contributed by atoms with E-state index in [9.17, 15) is 27.6 Å². The number of hydrogen-bond acceptors (Lipinski definition) is 4. The standard InChI is InChI=1S/C21H22F3NO3S2/c1-19(2,3)30(28)25-20(4,11-18(26)27)12-5-7-16-14(9-12)15-10-13(21(22,23)24)6-8-17(15)29-16/h5-10,25H,11H2,1-4H3,(H,26,27)/t20?,30-/m1/s1. The van der Waals surface area contributed by atoms with E-state index in [1.807, 2.05) is 0 Å². The van der Waals surface area contributed by atoms with Crippen molar-refractivity contribution in [2.45, 2.75) is 50.6 Å². The second-order valence-corrected chi connectivity index (χ2v) is 11.5. The zero-order chi connectivity index (χ0) is 22.5. The molecule has 1 heterocycles. The van der Waals surface area contributed by atoms with Gasteiger partial charge in [0.15, 0.2) is 0 Å². The second-order valence-electron chi connectivity index (χ2n) is 8.41. The van der Waals surface area contributed by atoms with Gasteiger partial charge in [0.1, 0.15) is 4.75 Å². The third-order valence-electron chi connectivity index (χ3n) is 4.81. The minimum atomic E-state index is -4.46. The fraction of sp³-hybridized carbons (Fsp3) is 0.381. The van der Waals surface area contributed by atoms with Gasteiger partial charge >= 0.3 is 12.1 Å². The zero-order valence-corrected chi connectivity index (χ0v) is 18.5. The molecule has 0 saturated carbocycles. The van der Waals surface area contributed by atoms with Crippen LogP contribution in [0.15, 0.2) is 36.4 Å². The number of aliphatic carboxylic acids is 1. The smallest absolute Gasteiger partial charge is 0.416 e. The van der Waals surface area contributed by atoms with Crippen LogP contribution in [-0.2, 0) is 27.9 Å². The van der Waals surface area contributed by atoms with E-state index >= 15 is 0 Å². The Bertz CT molecular complexity index is 1100. The predicted molar refractivity (Wildman–Crippen MR) is 115 cm³/mol. The van der Waals surface area contributed by atoms with Crippen LogP contribution in [-0.4, -0.2) is 20.4 Å². The average molecular weight is 458 g/mol. The molecule has 0 amide bonds. The fourth-order valence-corrected chi connectivity index (χ4v) is 5.13. The lowest BCUT2D eigenvalue weighted by Gasteiger charge is -2.34. The molecule has 30 heavy (non-hydrogen) atoms. The van der Waals surface area contributed by atoms with Crippen molar-refractivity contribution in [2.24, 2.45) is 0 Å². The summed E-state index contributed by atoms with van der Waals surface area (Å²) in [5.74, 6) is -1.08. The molecule has 0 spiro atoms. The van der Waals surface area contributed by atoms with Crippen molar-refractivity contribution >= 4 is 48.8 Å². The Balaban J connectivity index is 2.16. The number of alkyl halides is 3. The highest BCUT2D eigenvalue weighted by atomic mass is 32.2. The molecule has 3 rings (SSSR count). The summed E-state index contributed by atoms with van der Waals surface area (Å²) in [4.78, 5) is 11.5. The number of carboxylic acid groups (broad SMARTS) is 1. The maximum Gasteiger partial charge on any atom is 0.416 e. The van der Waals surface area contributed by atoms with E-state index in [1.54, 1.807) is 45.9 Å². The molecule has 0 fully saturated rings. The SMILES string of the molecule is CC(CC(=O)O)(N[S@+]([O-])C(C)(C)C)c1ccc2sc3ccc(C(F)(F)F)cc3c2c1. The molecule has 2 N–H and O–H groups in total. The number of carbonyl (C=O) groups is 1. The van der Waals surface area contributed by atoms with E-state index in [4.69, 9.17) is 0 Å². The molecular formula is C21H22F3NO3S2. The molecule has 0 saturated heterocycles. The number of fused-ring (bicyclic) bond motifs is 3. The summed E-state index contributed by atoms with van der Waals surface area (Å²) in [6.45, 7) is 6.95. The van der Waals surface area contributed by atoms with Crippen molar-refractivity contribution in [1.82, 2.24) is 4.72 Å². The molecule has 0 radical (unpaired) electrons. The van der Waals surface area contributed by atoms with Gasteiger partial charge in [-0.3, -0.25) is 4.79 Å². The van der Waals surface area contributed by atoms with Crippen molar-refractivity contribution in [3.8, 4) is 0 Å². The first kappa shape index (κ1) is 22.9. The molecule has 2 atom stereocenters. The summed E-state index contributed by atoms with van der Waals surface area (Å²) in [5, 5.41) is 10.5. The highest BCUT2D eigenvalue weighted by Gasteiger charge is 2.39. The third kappa shape index (κ3) is 4.59. The van der Waals surface area contributed by atoms with E-state index in [0.29, 0.717) is 21.0 Å². The second kappa shape index (κ2) is 7.71. The lowest BCUT2D eigenvalue weighted by molar-refractivity contribution is -0.139. The number of nitrogens with one attached hydrogen (secondary N) is 1. The van der Waals surface area contributed by atoms with Gasteiger partial charge in [0.05, 0.1) is 17.5 Å². The summed E-state index contributed by atoms with van der Waals surface area (Å²) >= 11 is -0.182. The van der Waals surface area contributed by atoms with Crippen LogP contribution in [0.4, 0.5) is 13.2 Å². The topological polar surface area (TPSA) is 72.4 Å². The number of thiophene rings is 1. The van der Waals surface area contributed by atoms with Crippen LogP contribution in [0.1, 0.15) is 45.2 Å². The molecule has 0 aliphatic heterocycles. The largest absolute Gasteiger partial charge is 0.598 e. The van der Waals surface area contributed by atoms with Crippen LogP contribution in [0.3, 0.4) is 0 Å². The van der Waals surface area contributed by atoms with Gasteiger partial charge in [0.2, 0.25) is 0 Å². The van der Waals surface area contributed by atoms with Gasteiger partial charge in [-0.2, -0.15) is 13.2 Å². The monoisotopic (exact) mass is 457 g/mol. The van der Waals surface area contributed by atoms with Gasteiger partial charge < -0.3 is 9.66 Å². The molecule has 162 valence electrons. The Labute approximate surface area is 179 Å². The highest BCUT2D eigenvalue weighted by molar-refractivity contribution is 7.90. The molecule has 9 heteroatoms. The maximum absolute atomic E-state index is 13.2. The summed E-state index contributed by atoms with van der Waals surface area (Å²) in [6.07, 6.45) is -4.79. The summed E-state index contributed by atoms with van der Waals surface area (Å²) < 4.78 is 56.1. The number of benzene rings is 2. The predicted octanol–water partition coefficient (Wildman–Crippen LogP) is 5.82. The molecule has 0 aliphatic carbocycles. The Hall–Kier alpha value is -1.81. The van der Waals surface area contributed by atoms with Gasteiger partial charge in [-0.25, -0.2) is 0 Å². The Morgan fingerprint density at radius 2 is 1.53 bits per heavy atom. The first-order valence-electron chi connectivity index (χ1n) is 9.16. The van der Waals surface area contributed by atoms with Gasteiger partial charge in [-0.15, -0.1) is 16.1 Å². The van der Waals surface area contributed by atoms with Crippen molar-refractivity contribution < 1.29 is 27.6 Å². The Morgan fingerprint density at radius 3 is 2.00 bits per heavy atom. The van der Waals surface area contributed by atoms with Gasteiger partial charge in [0.25, 0.3) is 0 Å². The fourth-order valence-electron chi connectivity index (χ4n) is 3.15. The third-order valence-corrected chi connectivity index (χ3v) is 7.71. The zero-order valence-electron chi connectivity index (χ0n) is 16.9. The van der Waals surface area contributed by atoms with Crippen molar-refractivity contribution in [1.29, 1.82) is 0 Å². The van der Waals surface area contributed by atoms with Crippen molar-refractivity contribution in [3.05, 3.63) is 47.5 Å². The lowest BCUT2D eigenvalue weighted by Crippen LogP contribution is -2.50. The van der Waals surface area contributed by atoms with Crippen LogP contribution in [0, 0.1) is 0 Å². The molecule has 0 aliphatic rings. The van der Waals surface area contributed by atoms with E-state index < -0.39 is 39.4 Å². The number of carboxylic acids is 1. The van der Waals surface area contributed by atoms with Crippen LogP contribution < -0.4 is 4.72 Å². The minimum Gasteiger partial charge on any atom is -0.598 e. The van der Waals surface area contributed by atoms with E-state index in [2.05, 4.69) is 4.72 Å². The summed E-state index contributed by atoms with van der Waals surface area (Å²) in [5.41, 5.74) is -1.36. The first-order chi connectivity index (χ1) is 13.7. The van der Waals surface area contributed by atoms with E-state index in [1.165, 1.54) is 17.4 Å². The van der Waals surface area contributed by atoms with E-state index in [-0.39, 0.29) is 6.42 Å². The van der Waals surface area contributed by atoms with Gasteiger partial charge in [-0.1, -0.05) is 6.07 Å². The minimum absolute atomic E-state index is 0.337. The molecule has 2 aromatic carbocycles. The highest BCUT2D eigenvalue weighted by Crippen LogP contribution is 2.40. The Morgan fingerprint density at radius 1 is 1.03 bits per heavy atom. The molecule has 1 unspecified atom stereocenters. The first-order valence-corrected chi connectivity index (χ1v) is 11.1. The number of rotatable bonds is 5. The molecule has 3 aromatic rings. The van der Waals surface area contributed by atoms with Crippen LogP contribution in [0.5, 0.6) is 0 Å². The van der Waals surface area contributed by atoms with Crippen molar-refractivity contribution in [3.63, 3.8) is 0 Å². The molecule has 0 bridgehead atoms. The molecule has 1 aromatic heterocycles. The van der Waals surface area contributed by atoms with Crippen LogP contribution in [0.2, 0.25) is 0 Å². The van der Waals surface area contributed by atoms with Gasteiger partial charge in [0, 0.05) is 31.5 Å². The number of hydrogen-bond donors (Lipinski definition) is 2.